The largest absolute Gasteiger partial charge is 0.299 e. The predicted molar refractivity (Wildman–Crippen MR) is 56.0 cm³/mol. The third kappa shape index (κ3) is 2.66. The number of ketones is 2. The fraction of sp³-hybridized carbons (Fsp3) is 0.833. The average molecular weight is 196 g/mol. The number of Topliss-reactive ketones (excluding diaryl/α,β-unsaturated/α-hetero) is 2. The third-order valence-electron chi connectivity index (χ3n) is 3.25. The Morgan fingerprint density at radius 3 is 2.21 bits per heavy atom. The first-order chi connectivity index (χ1) is 6.66. The van der Waals surface area contributed by atoms with Crippen LogP contribution in [-0.4, -0.2) is 11.6 Å². The van der Waals surface area contributed by atoms with Crippen molar-refractivity contribution in [3.63, 3.8) is 0 Å². The zero-order valence-electron chi connectivity index (χ0n) is 9.21. The lowest BCUT2D eigenvalue weighted by atomic mass is 9.80. The van der Waals surface area contributed by atoms with E-state index in [0.717, 1.165) is 25.7 Å². The molecule has 0 aliphatic heterocycles. The summed E-state index contributed by atoms with van der Waals surface area (Å²) in [5.41, 5.74) is 0. The molecule has 1 unspecified atom stereocenters. The topological polar surface area (TPSA) is 34.1 Å². The minimum Gasteiger partial charge on any atom is -0.299 e. The maximum atomic E-state index is 11.9. The molecule has 2 heteroatoms. The first-order valence-electron chi connectivity index (χ1n) is 5.71. The molecular weight excluding hydrogens is 176 g/mol. The molecule has 0 aromatic heterocycles. The summed E-state index contributed by atoms with van der Waals surface area (Å²) in [4.78, 5) is 23.2. The maximum absolute atomic E-state index is 11.9. The molecule has 0 radical (unpaired) electrons. The molecular formula is C12H20O2. The summed E-state index contributed by atoms with van der Waals surface area (Å²) in [6, 6.07) is 0. The monoisotopic (exact) mass is 196 g/mol. The molecule has 1 atom stereocenters. The molecule has 1 aliphatic rings. The van der Waals surface area contributed by atoms with E-state index in [0.29, 0.717) is 6.42 Å². The highest BCUT2D eigenvalue weighted by Crippen LogP contribution is 2.27. The van der Waals surface area contributed by atoms with E-state index < -0.39 is 0 Å². The highest BCUT2D eigenvalue weighted by Gasteiger charge is 2.29. The smallest absolute Gasteiger partial charge is 0.146 e. The number of carbonyl (C=O) groups excluding carboxylic acids is 2. The number of hydrogen-bond acceptors (Lipinski definition) is 2. The van der Waals surface area contributed by atoms with E-state index in [9.17, 15) is 9.59 Å². The van der Waals surface area contributed by atoms with Crippen molar-refractivity contribution in [3.05, 3.63) is 0 Å². The Labute approximate surface area is 86.1 Å². The van der Waals surface area contributed by atoms with Crippen molar-refractivity contribution < 1.29 is 9.59 Å². The molecule has 2 nitrogen and oxygen atoms in total. The molecule has 0 spiro atoms. The number of rotatable bonds is 4. The van der Waals surface area contributed by atoms with Gasteiger partial charge >= 0.3 is 0 Å². The summed E-state index contributed by atoms with van der Waals surface area (Å²) in [5.74, 6) is 0.110. The quantitative estimate of drug-likeness (QED) is 0.648. The van der Waals surface area contributed by atoms with Gasteiger partial charge in [0.05, 0.1) is 5.92 Å². The summed E-state index contributed by atoms with van der Waals surface area (Å²) in [5, 5.41) is 0. The van der Waals surface area contributed by atoms with E-state index in [1.165, 1.54) is 13.3 Å². The normalized spacial score (nSPS) is 20.4. The first-order valence-corrected chi connectivity index (χ1v) is 5.71. The lowest BCUT2D eigenvalue weighted by Gasteiger charge is -2.23. The van der Waals surface area contributed by atoms with Crippen molar-refractivity contribution in [1.29, 1.82) is 0 Å². The summed E-state index contributed by atoms with van der Waals surface area (Å²) < 4.78 is 0. The molecule has 14 heavy (non-hydrogen) atoms. The van der Waals surface area contributed by atoms with Crippen LogP contribution in [-0.2, 0) is 9.59 Å². The lowest BCUT2D eigenvalue weighted by molar-refractivity contribution is -0.134. The van der Waals surface area contributed by atoms with Gasteiger partial charge in [-0.05, 0) is 26.2 Å². The van der Waals surface area contributed by atoms with E-state index in [4.69, 9.17) is 0 Å². The fourth-order valence-corrected chi connectivity index (χ4v) is 2.36. The second-order valence-electron chi connectivity index (χ2n) is 4.31. The lowest BCUT2D eigenvalue weighted by Crippen LogP contribution is -2.29. The van der Waals surface area contributed by atoms with Gasteiger partial charge in [-0.1, -0.05) is 26.2 Å². The van der Waals surface area contributed by atoms with Crippen LogP contribution in [0.25, 0.3) is 0 Å². The molecule has 0 aromatic rings. The second kappa shape index (κ2) is 5.28. The van der Waals surface area contributed by atoms with E-state index in [-0.39, 0.29) is 23.4 Å². The molecule has 0 bridgehead atoms. The molecule has 0 aromatic carbocycles. The van der Waals surface area contributed by atoms with E-state index in [1.807, 2.05) is 6.92 Å². The van der Waals surface area contributed by atoms with Crippen LogP contribution >= 0.6 is 0 Å². The van der Waals surface area contributed by atoms with Gasteiger partial charge in [-0.2, -0.15) is 0 Å². The van der Waals surface area contributed by atoms with Gasteiger partial charge in [-0.3, -0.25) is 9.59 Å². The minimum absolute atomic E-state index is 0.0445. The van der Waals surface area contributed by atoms with Crippen LogP contribution in [0.4, 0.5) is 0 Å². The van der Waals surface area contributed by atoms with Crippen LogP contribution in [0.1, 0.15) is 52.4 Å². The van der Waals surface area contributed by atoms with Crippen molar-refractivity contribution in [3.8, 4) is 0 Å². The van der Waals surface area contributed by atoms with Crippen LogP contribution < -0.4 is 0 Å². The zero-order chi connectivity index (χ0) is 10.6. The van der Waals surface area contributed by atoms with Crippen LogP contribution in [0.15, 0.2) is 0 Å². The fourth-order valence-electron chi connectivity index (χ4n) is 2.36. The molecule has 0 N–H and O–H groups in total. The molecule has 1 fully saturated rings. The Bertz CT molecular complexity index is 214. The van der Waals surface area contributed by atoms with Crippen LogP contribution in [0.5, 0.6) is 0 Å². The molecule has 1 saturated carbocycles. The highest BCUT2D eigenvalue weighted by atomic mass is 16.1. The Hall–Kier alpha value is -0.660. The van der Waals surface area contributed by atoms with Gasteiger partial charge in [0.25, 0.3) is 0 Å². The van der Waals surface area contributed by atoms with E-state index in [2.05, 4.69) is 0 Å². The minimum atomic E-state index is -0.321. The zero-order valence-corrected chi connectivity index (χ0v) is 9.21. The molecule has 0 amide bonds. The van der Waals surface area contributed by atoms with Crippen LogP contribution in [0.2, 0.25) is 0 Å². The summed E-state index contributed by atoms with van der Waals surface area (Å²) in [6.07, 6.45) is 6.24. The molecule has 0 saturated heterocycles. The van der Waals surface area contributed by atoms with Gasteiger partial charge in [-0.25, -0.2) is 0 Å². The Morgan fingerprint density at radius 2 is 1.79 bits per heavy atom. The predicted octanol–water partition coefficient (Wildman–Crippen LogP) is 2.75. The van der Waals surface area contributed by atoms with Gasteiger partial charge in [0.15, 0.2) is 0 Å². The Balaban J connectivity index is 2.56. The summed E-state index contributed by atoms with van der Waals surface area (Å²) >= 11 is 0. The van der Waals surface area contributed by atoms with Gasteiger partial charge in [0.2, 0.25) is 0 Å². The van der Waals surface area contributed by atoms with Gasteiger partial charge in [0.1, 0.15) is 11.6 Å². The van der Waals surface area contributed by atoms with Crippen molar-refractivity contribution in [2.75, 3.05) is 0 Å². The van der Waals surface area contributed by atoms with Crippen LogP contribution in [0, 0.1) is 11.8 Å². The summed E-state index contributed by atoms with van der Waals surface area (Å²) in [6.45, 7) is 3.46. The van der Waals surface area contributed by atoms with E-state index >= 15 is 0 Å². The molecule has 1 rings (SSSR count). The molecule has 80 valence electrons. The molecule has 0 heterocycles. The SMILES string of the molecule is CCC(C(C)=O)C(=O)C1CCCCC1. The standard InChI is InChI=1S/C12H20O2/c1-3-11(9(2)13)12(14)10-7-5-4-6-8-10/h10-11H,3-8H2,1-2H3. The van der Waals surface area contributed by atoms with Crippen molar-refractivity contribution in [2.24, 2.45) is 11.8 Å². The second-order valence-corrected chi connectivity index (χ2v) is 4.31. The number of hydrogen-bond donors (Lipinski definition) is 0. The van der Waals surface area contributed by atoms with Crippen molar-refractivity contribution in [2.45, 2.75) is 52.4 Å². The van der Waals surface area contributed by atoms with Gasteiger partial charge in [-0.15, -0.1) is 0 Å². The van der Waals surface area contributed by atoms with Crippen LogP contribution in [0.3, 0.4) is 0 Å². The Morgan fingerprint density at radius 1 is 1.21 bits per heavy atom. The average Bonchev–Trinajstić information content (AvgIpc) is 2.19. The third-order valence-corrected chi connectivity index (χ3v) is 3.25. The van der Waals surface area contributed by atoms with Crippen molar-refractivity contribution in [1.82, 2.24) is 0 Å². The van der Waals surface area contributed by atoms with E-state index in [1.54, 1.807) is 0 Å². The number of carbonyl (C=O) groups is 2. The van der Waals surface area contributed by atoms with Gasteiger partial charge < -0.3 is 0 Å². The Kier molecular flexibility index (Phi) is 4.30. The van der Waals surface area contributed by atoms with Gasteiger partial charge in [0, 0.05) is 5.92 Å². The first kappa shape index (κ1) is 11.4. The highest BCUT2D eigenvalue weighted by molar-refractivity contribution is 6.02. The van der Waals surface area contributed by atoms with Crippen molar-refractivity contribution >= 4 is 11.6 Å². The maximum Gasteiger partial charge on any atom is 0.146 e. The molecule has 1 aliphatic carbocycles. The summed E-state index contributed by atoms with van der Waals surface area (Å²) in [7, 11) is 0.